The number of hydrogen-bond acceptors (Lipinski definition) is 3. The van der Waals surface area contributed by atoms with Crippen molar-refractivity contribution in [1.82, 2.24) is 0 Å². The Morgan fingerprint density at radius 3 is 2.43 bits per heavy atom. The van der Waals surface area contributed by atoms with Gasteiger partial charge >= 0.3 is 5.97 Å². The van der Waals surface area contributed by atoms with Crippen LogP contribution in [0.2, 0.25) is 0 Å². The Labute approximate surface area is 120 Å². The van der Waals surface area contributed by atoms with E-state index in [4.69, 9.17) is 10.8 Å². The summed E-state index contributed by atoms with van der Waals surface area (Å²) in [6.07, 6.45) is 0. The minimum Gasteiger partial charge on any atom is -0.478 e. The van der Waals surface area contributed by atoms with Crippen molar-refractivity contribution in [2.45, 2.75) is 6.04 Å². The number of aromatic carboxylic acids is 1. The van der Waals surface area contributed by atoms with Gasteiger partial charge in [0.1, 0.15) is 11.9 Å². The lowest BCUT2D eigenvalue weighted by Gasteiger charge is -2.13. The molecule has 2 aromatic rings. The number of amides is 1. The third kappa shape index (κ3) is 3.43. The van der Waals surface area contributed by atoms with Crippen molar-refractivity contribution < 1.29 is 19.1 Å². The first-order valence-corrected chi connectivity index (χ1v) is 6.13. The lowest BCUT2D eigenvalue weighted by Crippen LogP contribution is -2.27. The van der Waals surface area contributed by atoms with Gasteiger partial charge in [-0.2, -0.15) is 0 Å². The number of nitrogens with one attached hydrogen (secondary N) is 1. The van der Waals surface area contributed by atoms with Gasteiger partial charge in [0.15, 0.2) is 0 Å². The average Bonchev–Trinajstić information content (AvgIpc) is 2.49. The van der Waals surface area contributed by atoms with Crippen LogP contribution in [0.4, 0.5) is 10.1 Å². The van der Waals surface area contributed by atoms with E-state index in [1.807, 2.05) is 0 Å². The number of benzene rings is 2. The molecule has 0 heterocycles. The van der Waals surface area contributed by atoms with E-state index < -0.39 is 29.3 Å². The summed E-state index contributed by atoms with van der Waals surface area (Å²) in [6, 6.07) is 11.1. The van der Waals surface area contributed by atoms with Gasteiger partial charge in [0.05, 0.1) is 5.56 Å². The van der Waals surface area contributed by atoms with Crippen molar-refractivity contribution in [1.29, 1.82) is 0 Å². The Bertz CT molecular complexity index is 674. The first-order valence-electron chi connectivity index (χ1n) is 6.13. The minimum absolute atomic E-state index is 0.171. The predicted octanol–water partition coefficient (Wildman–Crippen LogP) is 2.16. The molecule has 0 radical (unpaired) electrons. The molecule has 0 saturated carbocycles. The number of hydrogen-bond donors (Lipinski definition) is 3. The number of anilines is 1. The van der Waals surface area contributed by atoms with Crippen molar-refractivity contribution in [2.75, 3.05) is 5.32 Å². The van der Waals surface area contributed by atoms with Crippen LogP contribution in [0.3, 0.4) is 0 Å². The molecule has 1 atom stereocenters. The summed E-state index contributed by atoms with van der Waals surface area (Å²) >= 11 is 0. The summed E-state index contributed by atoms with van der Waals surface area (Å²) in [6.45, 7) is 0. The fraction of sp³-hybridized carbons (Fsp3) is 0.0667. The van der Waals surface area contributed by atoms with Crippen LogP contribution in [0, 0.1) is 5.82 Å². The van der Waals surface area contributed by atoms with Gasteiger partial charge in [-0.25, -0.2) is 9.18 Å². The Morgan fingerprint density at radius 1 is 1.14 bits per heavy atom. The summed E-state index contributed by atoms with van der Waals surface area (Å²) in [4.78, 5) is 22.8. The van der Waals surface area contributed by atoms with E-state index in [0.29, 0.717) is 5.56 Å². The first kappa shape index (κ1) is 14.7. The van der Waals surface area contributed by atoms with Gasteiger partial charge in [-0.15, -0.1) is 0 Å². The van der Waals surface area contributed by atoms with Crippen LogP contribution in [0.5, 0.6) is 0 Å². The van der Waals surface area contributed by atoms with E-state index in [2.05, 4.69) is 5.32 Å². The van der Waals surface area contributed by atoms with E-state index in [0.717, 1.165) is 12.1 Å². The van der Waals surface area contributed by atoms with Crippen molar-refractivity contribution in [3.8, 4) is 0 Å². The van der Waals surface area contributed by atoms with Gasteiger partial charge in [-0.1, -0.05) is 30.3 Å². The number of halogens is 1. The highest BCUT2D eigenvalue weighted by molar-refractivity contribution is 5.97. The van der Waals surface area contributed by atoms with E-state index in [9.17, 15) is 14.0 Å². The maximum Gasteiger partial charge on any atom is 0.338 e. The number of carboxylic acids is 1. The number of rotatable bonds is 4. The molecule has 21 heavy (non-hydrogen) atoms. The molecule has 6 heteroatoms. The topological polar surface area (TPSA) is 92.4 Å². The molecule has 0 aromatic heterocycles. The second-order valence-corrected chi connectivity index (χ2v) is 4.38. The lowest BCUT2D eigenvalue weighted by molar-refractivity contribution is -0.117. The monoisotopic (exact) mass is 288 g/mol. The summed E-state index contributed by atoms with van der Waals surface area (Å²) in [5.74, 6) is -2.78. The van der Waals surface area contributed by atoms with Gasteiger partial charge < -0.3 is 16.2 Å². The Kier molecular flexibility index (Phi) is 4.30. The SMILES string of the molecule is N[C@@H](C(=O)Nc1ccc(F)c(C(=O)O)c1)c1ccccc1. The maximum atomic E-state index is 13.3. The van der Waals surface area contributed by atoms with Gasteiger partial charge in [0.25, 0.3) is 0 Å². The highest BCUT2D eigenvalue weighted by Gasteiger charge is 2.17. The number of carboxylic acid groups (broad SMARTS) is 1. The molecule has 0 saturated heterocycles. The minimum atomic E-state index is -1.41. The van der Waals surface area contributed by atoms with Crippen LogP contribution in [-0.2, 0) is 4.79 Å². The van der Waals surface area contributed by atoms with E-state index in [1.165, 1.54) is 6.07 Å². The van der Waals surface area contributed by atoms with Crippen molar-refractivity contribution in [3.05, 3.63) is 65.5 Å². The van der Waals surface area contributed by atoms with Gasteiger partial charge in [-0.3, -0.25) is 4.79 Å². The Balaban J connectivity index is 2.16. The zero-order valence-corrected chi connectivity index (χ0v) is 10.9. The Morgan fingerprint density at radius 2 is 1.81 bits per heavy atom. The van der Waals surface area contributed by atoms with Gasteiger partial charge in [-0.05, 0) is 23.8 Å². The zero-order valence-electron chi connectivity index (χ0n) is 10.9. The molecule has 0 fully saturated rings. The average molecular weight is 288 g/mol. The fourth-order valence-electron chi connectivity index (χ4n) is 1.80. The molecule has 2 aromatic carbocycles. The predicted molar refractivity (Wildman–Crippen MR) is 75.4 cm³/mol. The largest absolute Gasteiger partial charge is 0.478 e. The van der Waals surface area contributed by atoms with Gasteiger partial charge in [0, 0.05) is 5.69 Å². The molecule has 4 N–H and O–H groups in total. The van der Waals surface area contributed by atoms with Crippen LogP contribution in [0.1, 0.15) is 22.0 Å². The number of carbonyl (C=O) groups is 2. The van der Waals surface area contributed by atoms with E-state index in [-0.39, 0.29) is 5.69 Å². The molecule has 0 bridgehead atoms. The van der Waals surface area contributed by atoms with Crippen molar-refractivity contribution in [2.24, 2.45) is 5.73 Å². The highest BCUT2D eigenvalue weighted by atomic mass is 19.1. The normalized spacial score (nSPS) is 11.7. The molecule has 0 aliphatic rings. The number of nitrogens with two attached hydrogens (primary N) is 1. The molecule has 0 aliphatic heterocycles. The van der Waals surface area contributed by atoms with Crippen molar-refractivity contribution >= 4 is 17.6 Å². The fourth-order valence-corrected chi connectivity index (χ4v) is 1.80. The molecule has 2 rings (SSSR count). The molecule has 5 nitrogen and oxygen atoms in total. The zero-order chi connectivity index (χ0) is 15.4. The molecule has 108 valence electrons. The second kappa shape index (κ2) is 6.15. The van der Waals surface area contributed by atoms with Crippen LogP contribution in [0.15, 0.2) is 48.5 Å². The van der Waals surface area contributed by atoms with Crippen LogP contribution in [0.25, 0.3) is 0 Å². The Hall–Kier alpha value is -2.73. The van der Waals surface area contributed by atoms with Crippen molar-refractivity contribution in [3.63, 3.8) is 0 Å². The first-order chi connectivity index (χ1) is 9.99. The van der Waals surface area contributed by atoms with Gasteiger partial charge in [0.2, 0.25) is 5.91 Å². The molecule has 0 spiro atoms. The van der Waals surface area contributed by atoms with E-state index >= 15 is 0 Å². The van der Waals surface area contributed by atoms with Crippen LogP contribution in [-0.4, -0.2) is 17.0 Å². The standard InChI is InChI=1S/C15H13FN2O3/c16-12-7-6-10(8-11(12)15(20)21)18-14(19)13(17)9-4-2-1-3-5-9/h1-8,13H,17H2,(H,18,19)(H,20,21)/t13-/m1/s1. The molecule has 1 amide bonds. The smallest absolute Gasteiger partial charge is 0.338 e. The quantitative estimate of drug-likeness (QED) is 0.803. The summed E-state index contributed by atoms with van der Waals surface area (Å²) in [5.41, 5.74) is 6.09. The molecule has 0 unspecified atom stereocenters. The molecular weight excluding hydrogens is 275 g/mol. The highest BCUT2D eigenvalue weighted by Crippen LogP contribution is 2.17. The second-order valence-electron chi connectivity index (χ2n) is 4.38. The molecular formula is C15H13FN2O3. The maximum absolute atomic E-state index is 13.3. The third-order valence-corrected chi connectivity index (χ3v) is 2.91. The third-order valence-electron chi connectivity index (χ3n) is 2.91. The van der Waals surface area contributed by atoms with E-state index in [1.54, 1.807) is 30.3 Å². The number of carbonyl (C=O) groups excluding carboxylic acids is 1. The van der Waals surface area contributed by atoms with Crippen LogP contribution < -0.4 is 11.1 Å². The summed E-state index contributed by atoms with van der Waals surface area (Å²) in [5, 5.41) is 11.3. The molecule has 0 aliphatic carbocycles. The summed E-state index contributed by atoms with van der Waals surface area (Å²) < 4.78 is 13.3. The lowest BCUT2D eigenvalue weighted by atomic mass is 10.1. The summed E-state index contributed by atoms with van der Waals surface area (Å²) in [7, 11) is 0. The van der Waals surface area contributed by atoms with Crippen LogP contribution >= 0.6 is 0 Å².